The summed E-state index contributed by atoms with van der Waals surface area (Å²) in [5.74, 6) is 7.73. The molecule has 0 bridgehead atoms. The summed E-state index contributed by atoms with van der Waals surface area (Å²) >= 11 is 0. The van der Waals surface area contributed by atoms with Crippen molar-refractivity contribution in [1.29, 1.82) is 0 Å². The predicted octanol–water partition coefficient (Wildman–Crippen LogP) is 6.72. The molecule has 0 spiro atoms. The Hall–Kier alpha value is -3.61. The van der Waals surface area contributed by atoms with Crippen LogP contribution in [0.3, 0.4) is 0 Å². The Labute approximate surface area is 205 Å². The molecular formula is C31H28O2S. The van der Waals surface area contributed by atoms with E-state index >= 15 is 0 Å². The Bertz CT molecular complexity index is 1330. The largest absolute Gasteiger partial charge is 0.497 e. The Morgan fingerprint density at radius 2 is 1.47 bits per heavy atom. The van der Waals surface area contributed by atoms with Gasteiger partial charge in [-0.25, -0.2) is 4.21 Å². The second-order valence-corrected chi connectivity index (χ2v) is 10.00. The molecular weight excluding hydrogens is 436 g/mol. The van der Waals surface area contributed by atoms with Gasteiger partial charge in [0.1, 0.15) is 5.75 Å². The number of ether oxygens (including phenoxy) is 1. The van der Waals surface area contributed by atoms with Crippen molar-refractivity contribution in [2.75, 3.05) is 7.11 Å². The predicted molar refractivity (Wildman–Crippen MR) is 140 cm³/mol. The number of hydrogen-bond donors (Lipinski definition) is 0. The second-order valence-electron chi connectivity index (χ2n) is 8.55. The third-order valence-corrected chi connectivity index (χ3v) is 7.35. The minimum absolute atomic E-state index is 0.554. The van der Waals surface area contributed by atoms with E-state index in [0.29, 0.717) is 6.42 Å². The highest BCUT2D eigenvalue weighted by atomic mass is 32.2. The molecule has 0 saturated heterocycles. The van der Waals surface area contributed by atoms with Gasteiger partial charge in [-0.15, -0.1) is 0 Å². The van der Waals surface area contributed by atoms with Crippen molar-refractivity contribution in [1.82, 2.24) is 0 Å². The molecule has 1 unspecified atom stereocenters. The van der Waals surface area contributed by atoms with Crippen LogP contribution < -0.4 is 4.74 Å². The van der Waals surface area contributed by atoms with Crippen LogP contribution in [0.15, 0.2) is 113 Å². The van der Waals surface area contributed by atoms with Crippen LogP contribution in [-0.2, 0) is 22.6 Å². The summed E-state index contributed by atoms with van der Waals surface area (Å²) < 4.78 is 19.0. The van der Waals surface area contributed by atoms with Gasteiger partial charge in [-0.3, -0.25) is 0 Å². The van der Waals surface area contributed by atoms with Crippen LogP contribution in [0, 0.1) is 18.8 Å². The molecule has 4 aromatic carbocycles. The summed E-state index contributed by atoms with van der Waals surface area (Å²) in [6.45, 7) is 4.17. The second kappa shape index (κ2) is 10.5. The first-order valence-corrected chi connectivity index (χ1v) is 12.4. The van der Waals surface area contributed by atoms with E-state index in [1.54, 1.807) is 7.11 Å². The molecule has 2 atom stereocenters. The average molecular weight is 465 g/mol. The van der Waals surface area contributed by atoms with Gasteiger partial charge in [0.2, 0.25) is 0 Å². The van der Waals surface area contributed by atoms with Crippen LogP contribution >= 0.6 is 0 Å². The fourth-order valence-electron chi connectivity index (χ4n) is 3.96. The van der Waals surface area contributed by atoms with Crippen molar-refractivity contribution < 1.29 is 8.95 Å². The summed E-state index contributed by atoms with van der Waals surface area (Å²) in [5.41, 5.74) is 3.67. The molecule has 0 aromatic heterocycles. The highest BCUT2D eigenvalue weighted by molar-refractivity contribution is 7.85. The standard InChI is InChI=1S/C31H28O2S/c1-24-13-19-28(20-14-24)34(32)30-12-8-7-11-29(30)31(2,22-21-25-9-5-4-6-10-25)23-26-15-17-27(33-3)18-16-26/h4-20H,23H2,1-3H3/t31-,34?/m1/s1. The van der Waals surface area contributed by atoms with Crippen LogP contribution in [0.2, 0.25) is 0 Å². The molecule has 3 heteroatoms. The van der Waals surface area contributed by atoms with E-state index in [-0.39, 0.29) is 0 Å². The Morgan fingerprint density at radius 3 is 2.15 bits per heavy atom. The monoisotopic (exact) mass is 464 g/mol. The third-order valence-electron chi connectivity index (χ3n) is 5.89. The Balaban J connectivity index is 1.81. The van der Waals surface area contributed by atoms with Crippen molar-refractivity contribution in [2.45, 2.75) is 35.5 Å². The maximum absolute atomic E-state index is 13.7. The minimum atomic E-state index is -1.31. The van der Waals surface area contributed by atoms with Gasteiger partial charge in [-0.2, -0.15) is 0 Å². The van der Waals surface area contributed by atoms with Gasteiger partial charge >= 0.3 is 0 Å². The lowest BCUT2D eigenvalue weighted by Crippen LogP contribution is -2.25. The van der Waals surface area contributed by atoms with Crippen LogP contribution in [0.25, 0.3) is 0 Å². The van der Waals surface area contributed by atoms with E-state index in [0.717, 1.165) is 37.8 Å². The normalized spacial score (nSPS) is 13.3. The van der Waals surface area contributed by atoms with Crippen LogP contribution in [0.4, 0.5) is 0 Å². The first-order valence-electron chi connectivity index (χ1n) is 11.3. The van der Waals surface area contributed by atoms with E-state index in [2.05, 4.69) is 37.0 Å². The minimum Gasteiger partial charge on any atom is -0.497 e. The van der Waals surface area contributed by atoms with Crippen molar-refractivity contribution in [3.63, 3.8) is 0 Å². The van der Waals surface area contributed by atoms with E-state index in [4.69, 9.17) is 4.74 Å². The van der Waals surface area contributed by atoms with Gasteiger partial charge in [0.15, 0.2) is 0 Å². The summed E-state index contributed by atoms with van der Waals surface area (Å²) in [4.78, 5) is 1.59. The zero-order chi connectivity index (χ0) is 24.0. The summed E-state index contributed by atoms with van der Waals surface area (Å²) in [7, 11) is 0.356. The fraction of sp³-hybridized carbons (Fsp3) is 0.161. The number of benzene rings is 4. The van der Waals surface area contributed by atoms with Gasteiger partial charge < -0.3 is 4.74 Å². The lowest BCUT2D eigenvalue weighted by atomic mass is 9.77. The van der Waals surface area contributed by atoms with E-state index in [9.17, 15) is 4.21 Å². The average Bonchev–Trinajstić information content (AvgIpc) is 2.89. The van der Waals surface area contributed by atoms with E-state index in [1.165, 1.54) is 0 Å². The molecule has 0 saturated carbocycles. The SMILES string of the molecule is COc1ccc(C[C@@](C)(C#Cc2ccccc2)c2ccccc2S(=O)c2ccc(C)cc2)cc1. The number of methoxy groups -OCH3 is 1. The first-order chi connectivity index (χ1) is 16.5. The molecule has 2 nitrogen and oxygen atoms in total. The summed E-state index contributed by atoms with van der Waals surface area (Å²) in [5, 5.41) is 0. The smallest absolute Gasteiger partial charge is 0.118 e. The molecule has 0 N–H and O–H groups in total. The van der Waals surface area contributed by atoms with Crippen molar-refractivity contribution in [2.24, 2.45) is 0 Å². The van der Waals surface area contributed by atoms with Gasteiger partial charge in [-0.05, 0) is 73.9 Å². The molecule has 0 aliphatic carbocycles. The van der Waals surface area contributed by atoms with E-state index in [1.807, 2.05) is 91.9 Å². The number of aryl methyl sites for hydroxylation is 1. The molecule has 4 aromatic rings. The first kappa shape index (κ1) is 23.5. The topological polar surface area (TPSA) is 26.3 Å². The molecule has 0 amide bonds. The quantitative estimate of drug-likeness (QED) is 0.296. The maximum atomic E-state index is 13.7. The highest BCUT2D eigenvalue weighted by Gasteiger charge is 2.29. The summed E-state index contributed by atoms with van der Waals surface area (Å²) in [6.07, 6.45) is 0.680. The molecule has 0 heterocycles. The van der Waals surface area contributed by atoms with Gasteiger partial charge in [0, 0.05) is 15.4 Å². The van der Waals surface area contributed by atoms with Gasteiger partial charge in [-0.1, -0.05) is 78.1 Å². The molecule has 0 radical (unpaired) electrons. The number of hydrogen-bond acceptors (Lipinski definition) is 2. The van der Waals surface area contributed by atoms with Crippen molar-refractivity contribution >= 4 is 10.8 Å². The van der Waals surface area contributed by atoms with Gasteiger partial charge in [0.05, 0.1) is 23.3 Å². The summed E-state index contributed by atoms with van der Waals surface area (Å²) in [6, 6.07) is 33.9. The molecule has 34 heavy (non-hydrogen) atoms. The zero-order valence-corrected chi connectivity index (χ0v) is 20.6. The number of rotatable bonds is 6. The lowest BCUT2D eigenvalue weighted by molar-refractivity contribution is 0.414. The van der Waals surface area contributed by atoms with Crippen LogP contribution in [0.1, 0.15) is 29.2 Å². The van der Waals surface area contributed by atoms with Crippen LogP contribution in [-0.4, -0.2) is 11.3 Å². The third kappa shape index (κ3) is 5.47. The molecule has 0 fully saturated rings. The van der Waals surface area contributed by atoms with Crippen molar-refractivity contribution in [3.8, 4) is 17.6 Å². The lowest BCUT2D eigenvalue weighted by Gasteiger charge is -2.27. The maximum Gasteiger partial charge on any atom is 0.118 e. The fourth-order valence-corrected chi connectivity index (χ4v) is 5.30. The molecule has 0 aliphatic rings. The highest BCUT2D eigenvalue weighted by Crippen LogP contribution is 2.34. The zero-order valence-electron chi connectivity index (χ0n) is 19.7. The van der Waals surface area contributed by atoms with Crippen LogP contribution in [0.5, 0.6) is 5.75 Å². The van der Waals surface area contributed by atoms with Crippen molar-refractivity contribution in [3.05, 3.63) is 125 Å². The molecule has 0 aliphatic heterocycles. The van der Waals surface area contributed by atoms with E-state index < -0.39 is 16.2 Å². The molecule has 170 valence electrons. The Morgan fingerprint density at radius 1 is 0.824 bits per heavy atom. The molecule has 4 rings (SSSR count). The van der Waals surface area contributed by atoms with Gasteiger partial charge in [0.25, 0.3) is 0 Å². The Kier molecular flexibility index (Phi) is 7.30.